The predicted octanol–water partition coefficient (Wildman–Crippen LogP) is 3.95. The lowest BCUT2D eigenvalue weighted by molar-refractivity contribution is -0.384. The van der Waals surface area contributed by atoms with E-state index in [0.717, 1.165) is 5.75 Å². The molecule has 0 amide bonds. The molecule has 0 aliphatic heterocycles. The van der Waals surface area contributed by atoms with Gasteiger partial charge in [-0.1, -0.05) is 30.3 Å². The fraction of sp³-hybridized carbons (Fsp3) is 0.0625. The number of rotatable bonds is 6. The van der Waals surface area contributed by atoms with Gasteiger partial charge in [0, 0.05) is 24.0 Å². The van der Waals surface area contributed by atoms with Crippen LogP contribution < -0.4 is 4.74 Å². The normalized spacial score (nSPS) is 10.5. The molecule has 0 radical (unpaired) electrons. The van der Waals surface area contributed by atoms with Crippen molar-refractivity contribution >= 4 is 23.4 Å². The molecule has 0 atom stereocenters. The van der Waals surface area contributed by atoms with Gasteiger partial charge >= 0.3 is 5.97 Å². The standard InChI is InChI=1S/C16H13NO4S/c18-16(10-11-22-12-13-4-2-1-3-5-13)21-15-8-6-14(7-9-15)17(19)20/h1-11H,12H2/b11-10-. The number of ether oxygens (including phenoxy) is 1. The van der Waals surface area contributed by atoms with E-state index in [4.69, 9.17) is 4.74 Å². The van der Waals surface area contributed by atoms with E-state index in [1.54, 1.807) is 5.41 Å². The van der Waals surface area contributed by atoms with Gasteiger partial charge in [-0.05, 0) is 23.1 Å². The van der Waals surface area contributed by atoms with Gasteiger partial charge < -0.3 is 4.74 Å². The van der Waals surface area contributed by atoms with Crippen LogP contribution in [0.1, 0.15) is 5.56 Å². The molecular formula is C16H13NO4S. The van der Waals surface area contributed by atoms with Crippen LogP contribution in [0.3, 0.4) is 0 Å². The van der Waals surface area contributed by atoms with Gasteiger partial charge in [0.1, 0.15) is 5.75 Å². The van der Waals surface area contributed by atoms with E-state index >= 15 is 0 Å². The molecule has 5 nitrogen and oxygen atoms in total. The van der Waals surface area contributed by atoms with Crippen molar-refractivity contribution < 1.29 is 14.5 Å². The first-order valence-electron chi connectivity index (χ1n) is 6.43. The summed E-state index contributed by atoms with van der Waals surface area (Å²) in [6.07, 6.45) is 1.33. The molecule has 2 aromatic carbocycles. The highest BCUT2D eigenvalue weighted by Crippen LogP contribution is 2.18. The Labute approximate surface area is 131 Å². The van der Waals surface area contributed by atoms with Crippen LogP contribution in [-0.4, -0.2) is 10.9 Å². The smallest absolute Gasteiger partial charge is 0.336 e. The van der Waals surface area contributed by atoms with Gasteiger partial charge in [0.15, 0.2) is 0 Å². The summed E-state index contributed by atoms with van der Waals surface area (Å²) in [6, 6.07) is 15.2. The largest absolute Gasteiger partial charge is 0.423 e. The molecule has 0 N–H and O–H groups in total. The van der Waals surface area contributed by atoms with Crippen molar-refractivity contribution in [3.8, 4) is 5.75 Å². The first kappa shape index (κ1) is 15.8. The molecule has 2 aromatic rings. The number of thioether (sulfide) groups is 1. The second-order valence-electron chi connectivity index (χ2n) is 4.27. The number of hydrogen-bond donors (Lipinski definition) is 0. The number of esters is 1. The molecule has 0 aliphatic carbocycles. The Balaban J connectivity index is 1.79. The minimum Gasteiger partial charge on any atom is -0.423 e. The highest BCUT2D eigenvalue weighted by molar-refractivity contribution is 8.01. The third-order valence-electron chi connectivity index (χ3n) is 2.66. The zero-order valence-corrected chi connectivity index (χ0v) is 12.4. The summed E-state index contributed by atoms with van der Waals surface area (Å²) in [5.41, 5.74) is 1.12. The number of hydrogen-bond acceptors (Lipinski definition) is 5. The molecule has 6 heteroatoms. The van der Waals surface area contributed by atoms with Crippen LogP contribution in [0, 0.1) is 10.1 Å². The molecule has 0 fully saturated rings. The van der Waals surface area contributed by atoms with Gasteiger partial charge in [0.25, 0.3) is 5.69 Å². The lowest BCUT2D eigenvalue weighted by atomic mass is 10.2. The van der Waals surface area contributed by atoms with Crippen molar-refractivity contribution in [1.82, 2.24) is 0 Å². The van der Waals surface area contributed by atoms with Crippen LogP contribution in [0.25, 0.3) is 0 Å². The first-order valence-corrected chi connectivity index (χ1v) is 7.48. The third-order valence-corrected chi connectivity index (χ3v) is 3.49. The number of nitro groups is 1. The van der Waals surface area contributed by atoms with E-state index in [9.17, 15) is 14.9 Å². The maximum absolute atomic E-state index is 11.6. The maximum atomic E-state index is 11.6. The fourth-order valence-corrected chi connectivity index (χ4v) is 2.30. The molecule has 0 saturated heterocycles. The number of carbonyl (C=O) groups is 1. The van der Waals surface area contributed by atoms with Gasteiger partial charge in [-0.3, -0.25) is 10.1 Å². The average molecular weight is 315 g/mol. The molecule has 0 aliphatic rings. The van der Waals surface area contributed by atoms with Gasteiger partial charge in [-0.25, -0.2) is 4.79 Å². The van der Waals surface area contributed by atoms with Gasteiger partial charge in [0.2, 0.25) is 0 Å². The molecule has 0 unspecified atom stereocenters. The van der Waals surface area contributed by atoms with Crippen molar-refractivity contribution in [3.63, 3.8) is 0 Å². The Hall–Kier alpha value is -2.60. The first-order chi connectivity index (χ1) is 10.6. The van der Waals surface area contributed by atoms with Crippen LogP contribution >= 0.6 is 11.8 Å². The van der Waals surface area contributed by atoms with Crippen LogP contribution in [-0.2, 0) is 10.5 Å². The Bertz CT molecular complexity index is 668. The number of carbonyl (C=O) groups excluding carboxylic acids is 1. The SMILES string of the molecule is O=C(/C=C\SCc1ccccc1)Oc1ccc([N+](=O)[O-])cc1. The highest BCUT2D eigenvalue weighted by Gasteiger charge is 2.06. The third kappa shape index (κ3) is 5.06. The van der Waals surface area contributed by atoms with E-state index in [0.29, 0.717) is 0 Å². The zero-order valence-electron chi connectivity index (χ0n) is 11.5. The second-order valence-corrected chi connectivity index (χ2v) is 5.17. The second kappa shape index (κ2) is 7.99. The summed E-state index contributed by atoms with van der Waals surface area (Å²) in [6.45, 7) is 0. The molecule has 0 aromatic heterocycles. The number of nitro benzene ring substituents is 1. The Morgan fingerprint density at radius 1 is 1.14 bits per heavy atom. The monoisotopic (exact) mass is 315 g/mol. The summed E-state index contributed by atoms with van der Waals surface area (Å²) in [4.78, 5) is 21.6. The quantitative estimate of drug-likeness (QED) is 0.265. The van der Waals surface area contributed by atoms with Crippen LogP contribution in [0.4, 0.5) is 5.69 Å². The van der Waals surface area contributed by atoms with Crippen molar-refractivity contribution in [2.75, 3.05) is 0 Å². The zero-order chi connectivity index (χ0) is 15.8. The minimum absolute atomic E-state index is 0.0474. The maximum Gasteiger partial charge on any atom is 0.336 e. The van der Waals surface area contributed by atoms with Gasteiger partial charge in [0.05, 0.1) is 4.92 Å². The van der Waals surface area contributed by atoms with Crippen LogP contribution in [0.5, 0.6) is 5.75 Å². The number of benzene rings is 2. The molecular weight excluding hydrogens is 302 g/mol. The molecule has 112 valence electrons. The van der Waals surface area contributed by atoms with Crippen molar-refractivity contribution in [1.29, 1.82) is 0 Å². The predicted molar refractivity (Wildman–Crippen MR) is 85.6 cm³/mol. The molecule has 0 bridgehead atoms. The number of non-ortho nitro benzene ring substituents is 1. The molecule has 22 heavy (non-hydrogen) atoms. The highest BCUT2D eigenvalue weighted by atomic mass is 32.2. The van der Waals surface area contributed by atoms with Crippen LogP contribution in [0.15, 0.2) is 66.1 Å². The minimum atomic E-state index is -0.519. The van der Waals surface area contributed by atoms with Crippen molar-refractivity contribution in [3.05, 3.63) is 81.8 Å². The summed E-state index contributed by atoms with van der Waals surface area (Å²) < 4.78 is 5.04. The lowest BCUT2D eigenvalue weighted by Gasteiger charge is -2.00. The van der Waals surface area contributed by atoms with Crippen molar-refractivity contribution in [2.45, 2.75) is 5.75 Å². The summed E-state index contributed by atoms with van der Waals surface area (Å²) >= 11 is 1.48. The van der Waals surface area contributed by atoms with E-state index in [-0.39, 0.29) is 11.4 Å². The van der Waals surface area contributed by atoms with E-state index in [1.165, 1.54) is 47.7 Å². The van der Waals surface area contributed by atoms with Crippen molar-refractivity contribution in [2.24, 2.45) is 0 Å². The molecule has 0 saturated carbocycles. The Kier molecular flexibility index (Phi) is 5.73. The van der Waals surface area contributed by atoms with E-state index < -0.39 is 10.9 Å². The Morgan fingerprint density at radius 2 is 1.82 bits per heavy atom. The molecule has 2 rings (SSSR count). The number of nitrogens with zero attached hydrogens (tertiary/aromatic N) is 1. The van der Waals surface area contributed by atoms with Gasteiger partial charge in [-0.15, -0.1) is 11.8 Å². The van der Waals surface area contributed by atoms with E-state index in [1.807, 2.05) is 30.3 Å². The molecule has 0 heterocycles. The summed E-state index contributed by atoms with van der Waals surface area (Å²) in [5, 5.41) is 12.2. The summed E-state index contributed by atoms with van der Waals surface area (Å²) in [5.74, 6) is 0.519. The average Bonchev–Trinajstić information content (AvgIpc) is 2.53. The molecule has 0 spiro atoms. The topological polar surface area (TPSA) is 69.4 Å². The lowest BCUT2D eigenvalue weighted by Crippen LogP contribution is -2.03. The van der Waals surface area contributed by atoms with Gasteiger partial charge in [-0.2, -0.15) is 0 Å². The summed E-state index contributed by atoms with van der Waals surface area (Å²) in [7, 11) is 0. The van der Waals surface area contributed by atoms with Crippen LogP contribution in [0.2, 0.25) is 0 Å². The Morgan fingerprint density at radius 3 is 2.45 bits per heavy atom. The van der Waals surface area contributed by atoms with E-state index in [2.05, 4.69) is 0 Å². The fourth-order valence-electron chi connectivity index (χ4n) is 1.61.